The third-order valence-electron chi connectivity index (χ3n) is 2.76. The van der Waals surface area contributed by atoms with Gasteiger partial charge in [-0.05, 0) is 20.4 Å². The van der Waals surface area contributed by atoms with Crippen LogP contribution in [0, 0.1) is 5.41 Å². The molecule has 0 radical (unpaired) electrons. The van der Waals surface area contributed by atoms with Gasteiger partial charge in [-0.3, -0.25) is 0 Å². The Morgan fingerprint density at radius 2 is 2.33 bits per heavy atom. The van der Waals surface area contributed by atoms with E-state index >= 15 is 0 Å². The number of hydrogen-bond donors (Lipinski definition) is 2. The fourth-order valence-corrected chi connectivity index (χ4v) is 1.54. The Bertz CT molecular complexity index is 198. The SMILES string of the molecule is CNC(C)[C@]1(CO)C=CC=CC1. The molecule has 0 aromatic rings. The molecule has 1 unspecified atom stereocenters. The van der Waals surface area contributed by atoms with E-state index in [-0.39, 0.29) is 12.0 Å². The number of aliphatic hydroxyl groups is 1. The van der Waals surface area contributed by atoms with Crippen LogP contribution in [0.4, 0.5) is 0 Å². The van der Waals surface area contributed by atoms with Crippen LogP contribution in [0.15, 0.2) is 24.3 Å². The molecule has 0 spiro atoms. The fourth-order valence-electron chi connectivity index (χ4n) is 1.54. The molecule has 1 aliphatic carbocycles. The van der Waals surface area contributed by atoms with Gasteiger partial charge in [0.15, 0.2) is 0 Å². The summed E-state index contributed by atoms with van der Waals surface area (Å²) in [6.45, 7) is 2.30. The van der Waals surface area contributed by atoms with Crippen molar-refractivity contribution in [2.45, 2.75) is 19.4 Å². The highest BCUT2D eigenvalue weighted by molar-refractivity contribution is 5.18. The van der Waals surface area contributed by atoms with Crippen molar-refractivity contribution in [2.75, 3.05) is 13.7 Å². The molecule has 0 aliphatic heterocycles. The van der Waals surface area contributed by atoms with E-state index in [9.17, 15) is 5.11 Å². The molecule has 0 fully saturated rings. The molecule has 2 heteroatoms. The maximum atomic E-state index is 9.32. The van der Waals surface area contributed by atoms with Gasteiger partial charge in [0, 0.05) is 11.5 Å². The number of hydrogen-bond acceptors (Lipinski definition) is 2. The molecule has 0 aromatic carbocycles. The zero-order valence-corrected chi connectivity index (χ0v) is 7.75. The first-order valence-corrected chi connectivity index (χ1v) is 4.37. The smallest absolute Gasteiger partial charge is 0.0540 e. The molecule has 0 bridgehead atoms. The first-order chi connectivity index (χ1) is 5.75. The molecule has 0 aromatic heterocycles. The van der Waals surface area contributed by atoms with Crippen LogP contribution in [-0.2, 0) is 0 Å². The quantitative estimate of drug-likeness (QED) is 0.659. The van der Waals surface area contributed by atoms with E-state index in [1.165, 1.54) is 0 Å². The lowest BCUT2D eigenvalue weighted by Gasteiger charge is -2.35. The van der Waals surface area contributed by atoms with Gasteiger partial charge in [0.1, 0.15) is 0 Å². The normalized spacial score (nSPS) is 30.6. The lowest BCUT2D eigenvalue weighted by Crippen LogP contribution is -2.43. The third-order valence-corrected chi connectivity index (χ3v) is 2.76. The van der Waals surface area contributed by atoms with E-state index in [4.69, 9.17) is 0 Å². The zero-order valence-electron chi connectivity index (χ0n) is 7.75. The molecule has 1 aliphatic rings. The van der Waals surface area contributed by atoms with Crippen molar-refractivity contribution in [3.63, 3.8) is 0 Å². The van der Waals surface area contributed by atoms with E-state index < -0.39 is 0 Å². The Balaban J connectivity index is 2.76. The minimum Gasteiger partial charge on any atom is -0.395 e. The number of rotatable bonds is 3. The van der Waals surface area contributed by atoms with Crippen LogP contribution in [0.25, 0.3) is 0 Å². The largest absolute Gasteiger partial charge is 0.395 e. The van der Waals surface area contributed by atoms with Crippen LogP contribution in [0.1, 0.15) is 13.3 Å². The second-order valence-electron chi connectivity index (χ2n) is 3.39. The van der Waals surface area contributed by atoms with Gasteiger partial charge in [-0.15, -0.1) is 0 Å². The van der Waals surface area contributed by atoms with E-state index in [1.807, 2.05) is 19.2 Å². The summed E-state index contributed by atoms with van der Waals surface area (Å²) in [4.78, 5) is 0. The summed E-state index contributed by atoms with van der Waals surface area (Å²) in [5.41, 5.74) is -0.0937. The molecule has 2 nitrogen and oxygen atoms in total. The summed E-state index contributed by atoms with van der Waals surface area (Å²) in [6, 6.07) is 0.309. The van der Waals surface area contributed by atoms with Crippen molar-refractivity contribution in [3.8, 4) is 0 Å². The minimum absolute atomic E-state index is 0.0937. The topological polar surface area (TPSA) is 32.3 Å². The Morgan fingerprint density at radius 3 is 2.75 bits per heavy atom. The minimum atomic E-state index is -0.0937. The monoisotopic (exact) mass is 167 g/mol. The van der Waals surface area contributed by atoms with E-state index in [0.29, 0.717) is 6.04 Å². The molecular weight excluding hydrogens is 150 g/mol. The van der Waals surface area contributed by atoms with E-state index in [2.05, 4.69) is 24.4 Å². The van der Waals surface area contributed by atoms with Gasteiger partial charge in [-0.2, -0.15) is 0 Å². The maximum absolute atomic E-state index is 9.32. The molecule has 0 heterocycles. The zero-order chi connectivity index (χ0) is 9.03. The summed E-state index contributed by atoms with van der Waals surface area (Å²) >= 11 is 0. The standard InChI is InChI=1S/C10H17NO/c1-9(11-2)10(8-12)6-4-3-5-7-10/h3-6,9,11-12H,7-8H2,1-2H3/t9?,10-/m1/s1. The van der Waals surface area contributed by atoms with Gasteiger partial charge in [0.2, 0.25) is 0 Å². The van der Waals surface area contributed by atoms with Crippen molar-refractivity contribution < 1.29 is 5.11 Å². The van der Waals surface area contributed by atoms with Crippen molar-refractivity contribution in [1.82, 2.24) is 5.32 Å². The van der Waals surface area contributed by atoms with Gasteiger partial charge in [0.25, 0.3) is 0 Å². The summed E-state index contributed by atoms with van der Waals surface area (Å²) in [5.74, 6) is 0. The maximum Gasteiger partial charge on any atom is 0.0540 e. The van der Waals surface area contributed by atoms with Gasteiger partial charge < -0.3 is 10.4 Å². The molecule has 68 valence electrons. The van der Waals surface area contributed by atoms with Crippen LogP contribution in [0.3, 0.4) is 0 Å². The molecule has 2 N–H and O–H groups in total. The van der Waals surface area contributed by atoms with Crippen LogP contribution < -0.4 is 5.32 Å². The summed E-state index contributed by atoms with van der Waals surface area (Å²) in [5, 5.41) is 12.5. The first-order valence-electron chi connectivity index (χ1n) is 4.37. The third kappa shape index (κ3) is 1.59. The van der Waals surface area contributed by atoms with Crippen LogP contribution in [0.2, 0.25) is 0 Å². The van der Waals surface area contributed by atoms with Gasteiger partial charge in [-0.25, -0.2) is 0 Å². The lowest BCUT2D eigenvalue weighted by molar-refractivity contribution is 0.136. The molecule has 0 saturated heterocycles. The number of allylic oxidation sites excluding steroid dienone is 3. The van der Waals surface area contributed by atoms with Crippen molar-refractivity contribution in [1.29, 1.82) is 0 Å². The molecular formula is C10H17NO. The van der Waals surface area contributed by atoms with Crippen molar-refractivity contribution in [3.05, 3.63) is 24.3 Å². The number of nitrogens with one attached hydrogen (secondary N) is 1. The lowest BCUT2D eigenvalue weighted by atomic mass is 9.76. The summed E-state index contributed by atoms with van der Waals surface area (Å²) in [7, 11) is 1.92. The van der Waals surface area contributed by atoms with Crippen molar-refractivity contribution in [2.24, 2.45) is 5.41 Å². The predicted molar refractivity (Wildman–Crippen MR) is 50.9 cm³/mol. The second-order valence-corrected chi connectivity index (χ2v) is 3.39. The molecule has 1 rings (SSSR count). The molecule has 0 amide bonds. The van der Waals surface area contributed by atoms with Gasteiger partial charge >= 0.3 is 0 Å². The van der Waals surface area contributed by atoms with E-state index in [1.54, 1.807) is 0 Å². The first kappa shape index (κ1) is 9.49. The van der Waals surface area contributed by atoms with E-state index in [0.717, 1.165) is 6.42 Å². The average Bonchev–Trinajstić information content (AvgIpc) is 2.17. The number of aliphatic hydroxyl groups excluding tert-OH is 1. The molecule has 2 atom stereocenters. The highest BCUT2D eigenvalue weighted by Gasteiger charge is 2.31. The Kier molecular flexibility index (Phi) is 3.06. The van der Waals surface area contributed by atoms with Crippen LogP contribution >= 0.6 is 0 Å². The van der Waals surface area contributed by atoms with Crippen LogP contribution in [0.5, 0.6) is 0 Å². The van der Waals surface area contributed by atoms with Crippen LogP contribution in [-0.4, -0.2) is 24.8 Å². The summed E-state index contributed by atoms with van der Waals surface area (Å²) < 4.78 is 0. The second kappa shape index (κ2) is 3.87. The molecule has 0 saturated carbocycles. The van der Waals surface area contributed by atoms with Gasteiger partial charge in [0.05, 0.1) is 6.61 Å². The predicted octanol–water partition coefficient (Wildman–Crippen LogP) is 1.09. The Labute approximate surface area is 74.0 Å². The van der Waals surface area contributed by atoms with Gasteiger partial charge in [-0.1, -0.05) is 24.3 Å². The highest BCUT2D eigenvalue weighted by Crippen LogP contribution is 2.30. The Morgan fingerprint density at radius 1 is 1.58 bits per heavy atom. The highest BCUT2D eigenvalue weighted by atomic mass is 16.3. The summed E-state index contributed by atoms with van der Waals surface area (Å²) in [6.07, 6.45) is 9.14. The molecule has 12 heavy (non-hydrogen) atoms. The fraction of sp³-hybridized carbons (Fsp3) is 0.600. The van der Waals surface area contributed by atoms with Crippen molar-refractivity contribution >= 4 is 0 Å². The average molecular weight is 167 g/mol. The Hall–Kier alpha value is -0.600.